The first kappa shape index (κ1) is 27.4. The van der Waals surface area contributed by atoms with Gasteiger partial charge in [-0.25, -0.2) is 9.78 Å². The number of aryl methyl sites for hydroxylation is 1. The van der Waals surface area contributed by atoms with E-state index < -0.39 is 0 Å². The van der Waals surface area contributed by atoms with Crippen LogP contribution in [0.1, 0.15) is 42.9 Å². The van der Waals surface area contributed by atoms with Crippen LogP contribution in [0.15, 0.2) is 82.7 Å². The largest absolute Gasteiger partial charge is 0.343 e. The van der Waals surface area contributed by atoms with Crippen LogP contribution in [-0.2, 0) is 11.3 Å². The highest BCUT2D eigenvalue weighted by Gasteiger charge is 2.26. The number of para-hydroxylation sites is 3. The van der Waals surface area contributed by atoms with E-state index in [1.807, 2.05) is 45.9 Å². The number of hydrogen-bond donors (Lipinski definition) is 1. The third kappa shape index (κ3) is 5.43. The van der Waals surface area contributed by atoms with Crippen molar-refractivity contribution in [2.75, 3.05) is 18.8 Å². The number of carbonyl (C=O) groups is 1. The minimum absolute atomic E-state index is 0.0755. The number of fused-ring (bicyclic) bond motifs is 4. The summed E-state index contributed by atoms with van der Waals surface area (Å²) in [5.74, 6) is 0.899. The normalized spacial score (nSPS) is 14.3. The van der Waals surface area contributed by atoms with Crippen LogP contribution in [0.25, 0.3) is 33.1 Å². The van der Waals surface area contributed by atoms with Crippen molar-refractivity contribution in [3.05, 3.63) is 94.4 Å². The van der Waals surface area contributed by atoms with E-state index in [2.05, 4.69) is 63.1 Å². The Morgan fingerprint density at radius 3 is 2.51 bits per heavy atom. The predicted octanol–water partition coefficient (Wildman–Crippen LogP) is 5.72. The molecule has 0 spiro atoms. The number of nitrogens with zero attached hydrogens (tertiary/aromatic N) is 6. The van der Waals surface area contributed by atoms with E-state index in [1.165, 1.54) is 11.1 Å². The van der Waals surface area contributed by atoms with Gasteiger partial charge >= 0.3 is 5.69 Å². The molecule has 0 saturated carbocycles. The molecule has 0 radical (unpaired) electrons. The minimum Gasteiger partial charge on any atom is -0.343 e. The first-order valence-corrected chi connectivity index (χ1v) is 15.8. The molecule has 0 aliphatic carbocycles. The monoisotopic (exact) mass is 591 g/mol. The lowest BCUT2D eigenvalue weighted by atomic mass is 10.0. The van der Waals surface area contributed by atoms with E-state index in [0.717, 1.165) is 58.1 Å². The van der Waals surface area contributed by atoms with Crippen LogP contribution in [-0.4, -0.2) is 58.9 Å². The molecule has 7 rings (SSSR count). The van der Waals surface area contributed by atoms with Crippen molar-refractivity contribution in [3.63, 3.8) is 0 Å². The van der Waals surface area contributed by atoms with Gasteiger partial charge < -0.3 is 14.5 Å². The summed E-state index contributed by atoms with van der Waals surface area (Å²) in [7, 11) is 0. The molecule has 3 aromatic carbocycles. The Morgan fingerprint density at radius 2 is 1.70 bits per heavy atom. The van der Waals surface area contributed by atoms with Crippen LogP contribution in [0.2, 0.25) is 0 Å². The predicted molar refractivity (Wildman–Crippen MR) is 170 cm³/mol. The maximum atomic E-state index is 13.0. The van der Waals surface area contributed by atoms with E-state index in [1.54, 1.807) is 11.8 Å². The quantitative estimate of drug-likeness (QED) is 0.180. The fourth-order valence-corrected chi connectivity index (χ4v) is 6.86. The molecule has 1 N–H and O–H groups in total. The molecule has 1 saturated heterocycles. The Labute approximate surface area is 252 Å². The van der Waals surface area contributed by atoms with Crippen molar-refractivity contribution >= 4 is 50.8 Å². The summed E-state index contributed by atoms with van der Waals surface area (Å²) in [6.07, 6.45) is 2.77. The highest BCUT2D eigenvalue weighted by Crippen LogP contribution is 2.29. The lowest BCUT2D eigenvalue weighted by Crippen LogP contribution is -2.40. The molecule has 1 fully saturated rings. The second-order valence-corrected chi connectivity index (χ2v) is 12.3. The number of likely N-dealkylation sites (tertiary alicyclic amines) is 1. The van der Waals surface area contributed by atoms with Gasteiger partial charge in [-0.15, -0.1) is 10.2 Å². The number of amides is 1. The molecule has 0 unspecified atom stereocenters. The van der Waals surface area contributed by atoms with Crippen molar-refractivity contribution in [2.45, 2.75) is 50.4 Å². The summed E-state index contributed by atoms with van der Waals surface area (Å²) in [5, 5.41) is 10.7. The zero-order chi connectivity index (χ0) is 29.3. The van der Waals surface area contributed by atoms with Crippen LogP contribution in [0.3, 0.4) is 0 Å². The van der Waals surface area contributed by atoms with E-state index in [-0.39, 0.29) is 17.6 Å². The highest BCUT2D eigenvalue weighted by atomic mass is 32.2. The van der Waals surface area contributed by atoms with Crippen LogP contribution >= 0.6 is 11.8 Å². The van der Waals surface area contributed by atoms with Crippen molar-refractivity contribution in [1.29, 1.82) is 0 Å². The second kappa shape index (κ2) is 11.7. The number of H-pyrrole nitrogens is 1. The molecule has 10 heteroatoms. The number of thioether (sulfide) groups is 1. The molecule has 1 amide bonds. The number of benzene rings is 3. The summed E-state index contributed by atoms with van der Waals surface area (Å²) >= 11 is 1.54. The van der Waals surface area contributed by atoms with Crippen molar-refractivity contribution in [1.82, 2.24) is 34.2 Å². The van der Waals surface area contributed by atoms with Gasteiger partial charge in [0.1, 0.15) is 5.52 Å². The number of hydrogen-bond acceptors (Lipinski definition) is 6. The smallest absolute Gasteiger partial charge is 0.326 e. The zero-order valence-electron chi connectivity index (χ0n) is 24.1. The van der Waals surface area contributed by atoms with E-state index in [4.69, 9.17) is 4.98 Å². The summed E-state index contributed by atoms with van der Waals surface area (Å²) in [6, 6.07) is 24.7. The molecule has 6 aromatic rings. The molecule has 3 aromatic heterocycles. The molecule has 218 valence electrons. The van der Waals surface area contributed by atoms with Gasteiger partial charge in [0, 0.05) is 43.2 Å². The maximum absolute atomic E-state index is 13.0. The maximum Gasteiger partial charge on any atom is 0.326 e. The van der Waals surface area contributed by atoms with Crippen LogP contribution in [0.5, 0.6) is 0 Å². The van der Waals surface area contributed by atoms with E-state index in [9.17, 15) is 9.59 Å². The minimum atomic E-state index is -0.0755. The van der Waals surface area contributed by atoms with Gasteiger partial charge in [-0.3, -0.25) is 9.36 Å². The molecule has 1 aliphatic heterocycles. The summed E-state index contributed by atoms with van der Waals surface area (Å²) in [4.78, 5) is 35.4. The number of aromatic amines is 1. The fraction of sp³-hybridized carbons (Fsp3) is 0.303. The van der Waals surface area contributed by atoms with Gasteiger partial charge in [-0.2, -0.15) is 0 Å². The third-order valence-corrected chi connectivity index (χ3v) is 9.31. The Balaban J connectivity index is 0.970. The average Bonchev–Trinajstić information content (AvgIpc) is 3.54. The molecule has 9 nitrogen and oxygen atoms in total. The van der Waals surface area contributed by atoms with Crippen LogP contribution < -0.4 is 5.69 Å². The Kier molecular flexibility index (Phi) is 7.44. The lowest BCUT2D eigenvalue weighted by molar-refractivity contribution is -0.132. The molecular weight excluding hydrogens is 558 g/mol. The Hall–Kier alpha value is -4.44. The van der Waals surface area contributed by atoms with Crippen LogP contribution in [0.4, 0.5) is 0 Å². The van der Waals surface area contributed by atoms with Gasteiger partial charge in [0.25, 0.3) is 0 Å². The number of aromatic nitrogens is 6. The standard InChI is InChI=1S/C33H33N7O2S/c1-22-12-14-23(15-13-22)21-39-27-9-4-2-7-25(27)30-31(39)35-32(37-36-30)43-20-6-11-29(41)38-18-16-24(17-19-38)40-28-10-5-3-8-26(28)34-33(40)42/h2-5,7-10,12-15,24H,6,11,16-21H2,1H3,(H,34,42). The molecule has 1 aliphatic rings. The second-order valence-electron chi connectivity index (χ2n) is 11.2. The average molecular weight is 592 g/mol. The number of carbonyl (C=O) groups excluding carboxylic acids is 1. The number of imidazole rings is 1. The lowest BCUT2D eigenvalue weighted by Gasteiger charge is -2.32. The van der Waals surface area contributed by atoms with Gasteiger partial charge in [0.15, 0.2) is 5.65 Å². The first-order valence-electron chi connectivity index (χ1n) is 14.8. The van der Waals surface area contributed by atoms with Crippen LogP contribution in [0, 0.1) is 6.92 Å². The topological polar surface area (TPSA) is 102 Å². The molecule has 0 atom stereocenters. The molecule has 4 heterocycles. The summed E-state index contributed by atoms with van der Waals surface area (Å²) in [6.45, 7) is 4.12. The SMILES string of the molecule is Cc1ccc(Cn2c3ccccc3c3nnc(SCCCC(=O)N4CCC(n5c(=O)[nH]c6ccccc65)CC4)nc32)cc1. The Morgan fingerprint density at radius 1 is 0.953 bits per heavy atom. The Bertz CT molecular complexity index is 1980. The van der Waals surface area contributed by atoms with Crippen molar-refractivity contribution in [3.8, 4) is 0 Å². The highest BCUT2D eigenvalue weighted by molar-refractivity contribution is 7.99. The van der Waals surface area contributed by atoms with Gasteiger partial charge in [-0.05, 0) is 49.9 Å². The first-order chi connectivity index (χ1) is 21.0. The zero-order valence-corrected chi connectivity index (χ0v) is 24.9. The third-order valence-electron chi connectivity index (χ3n) is 8.39. The summed E-state index contributed by atoms with van der Waals surface area (Å²) in [5.41, 5.74) is 6.87. The molecular formula is C33H33N7O2S. The van der Waals surface area contributed by atoms with Gasteiger partial charge in [-0.1, -0.05) is 71.9 Å². The van der Waals surface area contributed by atoms with Gasteiger partial charge in [0.05, 0.1) is 16.6 Å². The number of nitrogens with one attached hydrogen (secondary N) is 1. The fourth-order valence-electron chi connectivity index (χ4n) is 6.14. The van der Waals surface area contributed by atoms with E-state index >= 15 is 0 Å². The van der Waals surface area contributed by atoms with Gasteiger partial charge in [0.2, 0.25) is 11.1 Å². The van der Waals surface area contributed by atoms with E-state index in [0.29, 0.717) is 31.2 Å². The molecule has 43 heavy (non-hydrogen) atoms. The number of piperidine rings is 1. The number of rotatable bonds is 8. The van der Waals surface area contributed by atoms with Crippen molar-refractivity contribution < 1.29 is 4.79 Å². The van der Waals surface area contributed by atoms with Crippen molar-refractivity contribution in [2.24, 2.45) is 0 Å². The summed E-state index contributed by atoms with van der Waals surface area (Å²) < 4.78 is 4.07. The molecule has 0 bridgehead atoms.